The Kier molecular flexibility index (Phi) is 2.71. The van der Waals surface area contributed by atoms with Gasteiger partial charge in [0.05, 0.1) is 6.54 Å². The van der Waals surface area contributed by atoms with Crippen molar-refractivity contribution in [3.8, 4) is 5.75 Å². The Morgan fingerprint density at radius 2 is 2.24 bits per heavy atom. The van der Waals surface area contributed by atoms with Crippen LogP contribution in [-0.4, -0.2) is 31.1 Å². The maximum absolute atomic E-state index is 6.03. The highest BCUT2D eigenvalue weighted by molar-refractivity contribution is 6.30. The van der Waals surface area contributed by atoms with Gasteiger partial charge < -0.3 is 9.64 Å². The summed E-state index contributed by atoms with van der Waals surface area (Å²) in [5, 5.41) is 0.714. The fourth-order valence-corrected chi connectivity index (χ4v) is 2.21. The van der Waals surface area contributed by atoms with Crippen molar-refractivity contribution in [2.45, 2.75) is 18.8 Å². The van der Waals surface area contributed by atoms with Gasteiger partial charge in [-0.1, -0.05) is 17.7 Å². The first-order valence-corrected chi connectivity index (χ1v) is 6.35. The van der Waals surface area contributed by atoms with E-state index in [0.29, 0.717) is 17.0 Å². The van der Waals surface area contributed by atoms with Crippen LogP contribution in [0.2, 0.25) is 5.02 Å². The van der Waals surface area contributed by atoms with E-state index in [1.165, 1.54) is 18.4 Å². The Bertz CT molecular complexity index is 468. The lowest BCUT2D eigenvalue weighted by Gasteiger charge is -2.16. The molecule has 1 fully saturated rings. The molecule has 0 unspecified atom stereocenters. The van der Waals surface area contributed by atoms with Crippen molar-refractivity contribution in [1.29, 1.82) is 0 Å². The molecule has 1 aromatic carbocycles. The second-order valence-corrected chi connectivity index (χ2v) is 5.08. The van der Waals surface area contributed by atoms with Gasteiger partial charge in [0.25, 0.3) is 6.02 Å². The second-order valence-electron chi connectivity index (χ2n) is 4.64. The van der Waals surface area contributed by atoms with Crippen molar-refractivity contribution in [3.63, 3.8) is 0 Å². The molecule has 0 spiro atoms. The van der Waals surface area contributed by atoms with Crippen LogP contribution in [0.5, 0.6) is 5.75 Å². The highest BCUT2D eigenvalue weighted by Gasteiger charge is 2.28. The average molecular weight is 251 g/mol. The van der Waals surface area contributed by atoms with Crippen molar-refractivity contribution < 1.29 is 4.74 Å². The van der Waals surface area contributed by atoms with E-state index in [0.717, 1.165) is 18.8 Å². The van der Waals surface area contributed by atoms with Gasteiger partial charge in [-0.05, 0) is 36.5 Å². The smallest absolute Gasteiger partial charge is 0.292 e. The molecule has 1 aliphatic carbocycles. The summed E-state index contributed by atoms with van der Waals surface area (Å²) < 4.78 is 5.89. The Morgan fingerprint density at radius 1 is 1.41 bits per heavy atom. The lowest BCUT2D eigenvalue weighted by atomic mass is 10.1. The fourth-order valence-electron chi connectivity index (χ4n) is 2.05. The Hall–Kier alpha value is -1.22. The number of hydrogen-bond acceptors (Lipinski definition) is 3. The monoisotopic (exact) mass is 250 g/mol. The number of likely N-dealkylation sites (N-methyl/N-ethyl adjacent to an activating group) is 1. The molecule has 0 aromatic heterocycles. The molecule has 1 heterocycles. The van der Waals surface area contributed by atoms with Crippen molar-refractivity contribution in [2.24, 2.45) is 4.99 Å². The molecule has 2 aliphatic rings. The van der Waals surface area contributed by atoms with Crippen LogP contribution in [0.15, 0.2) is 23.2 Å². The third-order valence-electron chi connectivity index (χ3n) is 3.20. The molecule has 1 aromatic rings. The van der Waals surface area contributed by atoms with Gasteiger partial charge in [-0.2, -0.15) is 0 Å². The third kappa shape index (κ3) is 2.25. The molecule has 0 amide bonds. The molecule has 3 rings (SSSR count). The molecule has 0 radical (unpaired) electrons. The Balaban J connectivity index is 1.88. The standard InChI is InChI=1S/C13H15ClN2O/c1-16-7-6-15-13(16)17-12-8-10(14)4-5-11(12)9-2-3-9/h4-5,8-9H,2-3,6-7H2,1H3. The molecule has 1 aliphatic heterocycles. The van der Waals surface area contributed by atoms with E-state index in [2.05, 4.69) is 11.1 Å². The molecule has 3 nitrogen and oxygen atoms in total. The molecule has 0 N–H and O–H groups in total. The van der Waals surface area contributed by atoms with E-state index in [1.54, 1.807) is 0 Å². The molecule has 0 atom stereocenters. The summed E-state index contributed by atoms with van der Waals surface area (Å²) in [5.74, 6) is 1.52. The summed E-state index contributed by atoms with van der Waals surface area (Å²) in [7, 11) is 1.99. The highest BCUT2D eigenvalue weighted by Crippen LogP contribution is 2.45. The van der Waals surface area contributed by atoms with E-state index >= 15 is 0 Å². The van der Waals surface area contributed by atoms with Crippen LogP contribution in [0.3, 0.4) is 0 Å². The van der Waals surface area contributed by atoms with Gasteiger partial charge in [-0.15, -0.1) is 0 Å². The topological polar surface area (TPSA) is 24.8 Å². The van der Waals surface area contributed by atoms with Crippen LogP contribution in [0.25, 0.3) is 0 Å². The normalized spacial score (nSPS) is 19.4. The first kappa shape index (κ1) is 10.9. The number of benzene rings is 1. The number of rotatable bonds is 2. The van der Waals surface area contributed by atoms with Gasteiger partial charge >= 0.3 is 0 Å². The van der Waals surface area contributed by atoms with Crippen LogP contribution in [0, 0.1) is 0 Å². The number of halogens is 1. The zero-order valence-corrected chi connectivity index (χ0v) is 10.6. The summed E-state index contributed by atoms with van der Waals surface area (Å²) in [5.41, 5.74) is 1.26. The Labute approximate surface area is 106 Å². The molecular weight excluding hydrogens is 236 g/mol. The van der Waals surface area contributed by atoms with E-state index in [9.17, 15) is 0 Å². The first-order chi connectivity index (χ1) is 8.24. The molecule has 0 bridgehead atoms. The largest absolute Gasteiger partial charge is 0.426 e. The quantitative estimate of drug-likeness (QED) is 0.806. The molecule has 4 heteroatoms. The van der Waals surface area contributed by atoms with Gasteiger partial charge in [-0.3, -0.25) is 0 Å². The van der Waals surface area contributed by atoms with Crippen molar-refractivity contribution in [3.05, 3.63) is 28.8 Å². The van der Waals surface area contributed by atoms with Crippen LogP contribution >= 0.6 is 11.6 Å². The molecule has 17 heavy (non-hydrogen) atoms. The molecule has 1 saturated carbocycles. The number of ether oxygens (including phenoxy) is 1. The summed E-state index contributed by atoms with van der Waals surface area (Å²) in [6.45, 7) is 1.74. The zero-order chi connectivity index (χ0) is 11.8. The number of hydrogen-bond donors (Lipinski definition) is 0. The van der Waals surface area contributed by atoms with Crippen LogP contribution < -0.4 is 4.74 Å². The molecule has 90 valence electrons. The SMILES string of the molecule is CN1CCN=C1Oc1cc(Cl)ccc1C1CC1. The van der Waals surface area contributed by atoms with Crippen LogP contribution in [0.1, 0.15) is 24.3 Å². The van der Waals surface area contributed by atoms with Crippen molar-refractivity contribution >= 4 is 17.6 Å². The summed E-state index contributed by atoms with van der Waals surface area (Å²) in [6.07, 6.45) is 2.50. The maximum atomic E-state index is 6.03. The van der Waals surface area contributed by atoms with Crippen molar-refractivity contribution in [2.75, 3.05) is 20.1 Å². The van der Waals surface area contributed by atoms with Crippen LogP contribution in [0.4, 0.5) is 0 Å². The zero-order valence-electron chi connectivity index (χ0n) is 9.82. The van der Waals surface area contributed by atoms with Crippen LogP contribution in [-0.2, 0) is 0 Å². The van der Waals surface area contributed by atoms with Gasteiger partial charge in [-0.25, -0.2) is 4.99 Å². The van der Waals surface area contributed by atoms with E-state index < -0.39 is 0 Å². The Morgan fingerprint density at radius 3 is 2.88 bits per heavy atom. The predicted molar refractivity (Wildman–Crippen MR) is 69.0 cm³/mol. The van der Waals surface area contributed by atoms with Gasteiger partial charge in [0, 0.05) is 18.6 Å². The molecule has 0 saturated heterocycles. The lowest BCUT2D eigenvalue weighted by Crippen LogP contribution is -2.27. The number of amidine groups is 1. The van der Waals surface area contributed by atoms with Gasteiger partial charge in [0.15, 0.2) is 0 Å². The number of aliphatic imine (C=N–C) groups is 1. The van der Waals surface area contributed by atoms with Crippen molar-refractivity contribution in [1.82, 2.24) is 4.90 Å². The molecular formula is C13H15ClN2O. The minimum atomic E-state index is 0.648. The number of nitrogens with zero attached hydrogens (tertiary/aromatic N) is 2. The minimum Gasteiger partial charge on any atom is -0.426 e. The first-order valence-electron chi connectivity index (χ1n) is 5.97. The minimum absolute atomic E-state index is 0.648. The second kappa shape index (κ2) is 4.22. The summed E-state index contributed by atoms with van der Waals surface area (Å²) in [4.78, 5) is 6.37. The van der Waals surface area contributed by atoms with E-state index in [1.807, 2.05) is 24.1 Å². The average Bonchev–Trinajstić information content (AvgIpc) is 3.05. The lowest BCUT2D eigenvalue weighted by molar-refractivity contribution is 0.420. The summed E-state index contributed by atoms with van der Waals surface area (Å²) >= 11 is 6.03. The van der Waals surface area contributed by atoms with E-state index in [-0.39, 0.29) is 0 Å². The van der Waals surface area contributed by atoms with E-state index in [4.69, 9.17) is 16.3 Å². The summed E-state index contributed by atoms with van der Waals surface area (Å²) in [6, 6.07) is 6.60. The predicted octanol–water partition coefficient (Wildman–Crippen LogP) is 2.90. The van der Waals surface area contributed by atoms with Gasteiger partial charge in [0.2, 0.25) is 0 Å². The fraction of sp³-hybridized carbons (Fsp3) is 0.462. The third-order valence-corrected chi connectivity index (χ3v) is 3.44. The van der Waals surface area contributed by atoms with Gasteiger partial charge in [0.1, 0.15) is 5.75 Å². The maximum Gasteiger partial charge on any atom is 0.292 e. The highest BCUT2D eigenvalue weighted by atomic mass is 35.5.